The molecule has 2 rings (SSSR count). The number of nitrogens with one attached hydrogen (secondary N) is 2. The van der Waals surface area contributed by atoms with Gasteiger partial charge in [0.1, 0.15) is 0 Å². The van der Waals surface area contributed by atoms with Crippen molar-refractivity contribution in [3.8, 4) is 0 Å². The lowest BCUT2D eigenvalue weighted by atomic mass is 10.1. The predicted octanol–water partition coefficient (Wildman–Crippen LogP) is 0.323. The first-order valence-electron chi connectivity index (χ1n) is 6.25. The van der Waals surface area contributed by atoms with Gasteiger partial charge in [-0.1, -0.05) is 12.1 Å². The van der Waals surface area contributed by atoms with E-state index in [1.807, 2.05) is 12.1 Å². The average molecular weight is 282 g/mol. The molecule has 0 bridgehead atoms. The summed E-state index contributed by atoms with van der Waals surface area (Å²) in [5.74, 6) is 0.394. The second-order valence-electron chi connectivity index (χ2n) is 4.76. The first-order chi connectivity index (χ1) is 9.00. The maximum absolute atomic E-state index is 11.4. The van der Waals surface area contributed by atoms with Crippen molar-refractivity contribution in [2.45, 2.75) is 19.0 Å². The molecular weight excluding hydrogens is 264 g/mol. The van der Waals surface area contributed by atoms with E-state index in [2.05, 4.69) is 10.6 Å². The van der Waals surface area contributed by atoms with E-state index in [0.717, 1.165) is 5.56 Å². The molecule has 2 N–H and O–H groups in total. The smallest absolute Gasteiger partial charge is 0.251 e. The minimum absolute atomic E-state index is 0.0450. The van der Waals surface area contributed by atoms with Gasteiger partial charge in [-0.2, -0.15) is 0 Å². The molecule has 0 spiro atoms. The van der Waals surface area contributed by atoms with Crippen molar-refractivity contribution in [1.29, 1.82) is 0 Å². The van der Waals surface area contributed by atoms with Gasteiger partial charge in [0.25, 0.3) is 5.91 Å². The number of sulfone groups is 1. The van der Waals surface area contributed by atoms with Crippen LogP contribution in [0.25, 0.3) is 0 Å². The zero-order chi connectivity index (χ0) is 13.9. The summed E-state index contributed by atoms with van der Waals surface area (Å²) in [4.78, 5) is 11.4. The van der Waals surface area contributed by atoms with Gasteiger partial charge in [0.2, 0.25) is 0 Å². The van der Waals surface area contributed by atoms with Crippen molar-refractivity contribution in [3.05, 3.63) is 35.4 Å². The molecule has 0 saturated carbocycles. The molecule has 0 aliphatic carbocycles. The Morgan fingerprint density at radius 3 is 2.53 bits per heavy atom. The van der Waals surface area contributed by atoms with E-state index in [1.165, 1.54) is 0 Å². The van der Waals surface area contributed by atoms with E-state index in [1.54, 1.807) is 19.2 Å². The zero-order valence-electron chi connectivity index (χ0n) is 10.8. The summed E-state index contributed by atoms with van der Waals surface area (Å²) in [6, 6.07) is 7.33. The number of amides is 1. The SMILES string of the molecule is CNC(=O)c1ccc(CNC2CCS(=O)(=O)C2)cc1. The third-order valence-electron chi connectivity index (χ3n) is 3.27. The first kappa shape index (κ1) is 14.0. The van der Waals surface area contributed by atoms with Crippen molar-refractivity contribution in [2.24, 2.45) is 0 Å². The fourth-order valence-electron chi connectivity index (χ4n) is 2.14. The Hall–Kier alpha value is -1.40. The lowest BCUT2D eigenvalue weighted by Crippen LogP contribution is -2.29. The van der Waals surface area contributed by atoms with Crippen molar-refractivity contribution in [1.82, 2.24) is 10.6 Å². The number of benzene rings is 1. The molecule has 1 aliphatic heterocycles. The summed E-state index contributed by atoms with van der Waals surface area (Å²) in [5, 5.41) is 5.80. The lowest BCUT2D eigenvalue weighted by Gasteiger charge is -2.10. The fraction of sp³-hybridized carbons (Fsp3) is 0.462. The van der Waals surface area contributed by atoms with Gasteiger partial charge >= 0.3 is 0 Å². The van der Waals surface area contributed by atoms with Gasteiger partial charge in [0.15, 0.2) is 9.84 Å². The average Bonchev–Trinajstić information content (AvgIpc) is 2.76. The summed E-state index contributed by atoms with van der Waals surface area (Å²) < 4.78 is 22.6. The van der Waals surface area contributed by atoms with Gasteiger partial charge in [-0.15, -0.1) is 0 Å². The van der Waals surface area contributed by atoms with Crippen molar-refractivity contribution in [2.75, 3.05) is 18.6 Å². The molecule has 5 nitrogen and oxygen atoms in total. The molecule has 1 heterocycles. The Morgan fingerprint density at radius 1 is 1.32 bits per heavy atom. The zero-order valence-corrected chi connectivity index (χ0v) is 11.7. The summed E-state index contributed by atoms with van der Waals surface area (Å²) in [7, 11) is -1.24. The number of carbonyl (C=O) groups excluding carboxylic acids is 1. The molecule has 104 valence electrons. The first-order valence-corrected chi connectivity index (χ1v) is 8.07. The van der Waals surface area contributed by atoms with Gasteiger partial charge in [-0.25, -0.2) is 8.42 Å². The van der Waals surface area contributed by atoms with Crippen molar-refractivity contribution >= 4 is 15.7 Å². The summed E-state index contributed by atoms with van der Waals surface area (Å²) in [6.07, 6.45) is 0.679. The van der Waals surface area contributed by atoms with Crippen LogP contribution in [0.5, 0.6) is 0 Å². The third-order valence-corrected chi connectivity index (χ3v) is 5.04. The molecule has 1 aliphatic rings. The van der Waals surface area contributed by atoms with Crippen LogP contribution in [0.2, 0.25) is 0 Å². The monoisotopic (exact) mass is 282 g/mol. The maximum atomic E-state index is 11.4. The van der Waals surface area contributed by atoms with Gasteiger partial charge < -0.3 is 10.6 Å². The van der Waals surface area contributed by atoms with Crippen LogP contribution in [0.3, 0.4) is 0 Å². The van der Waals surface area contributed by atoms with Crippen LogP contribution in [0.4, 0.5) is 0 Å². The molecule has 1 aromatic carbocycles. The molecule has 1 amide bonds. The van der Waals surface area contributed by atoms with Crippen LogP contribution in [0.1, 0.15) is 22.3 Å². The second-order valence-corrected chi connectivity index (χ2v) is 6.99. The maximum Gasteiger partial charge on any atom is 0.251 e. The minimum Gasteiger partial charge on any atom is -0.355 e. The molecule has 1 saturated heterocycles. The molecule has 1 unspecified atom stereocenters. The number of hydrogen-bond acceptors (Lipinski definition) is 4. The van der Waals surface area contributed by atoms with E-state index in [-0.39, 0.29) is 23.5 Å². The second kappa shape index (κ2) is 5.71. The highest BCUT2D eigenvalue weighted by atomic mass is 32.2. The highest BCUT2D eigenvalue weighted by molar-refractivity contribution is 7.91. The normalized spacial score (nSPS) is 21.2. The highest BCUT2D eigenvalue weighted by Gasteiger charge is 2.27. The van der Waals surface area contributed by atoms with Crippen LogP contribution in [0.15, 0.2) is 24.3 Å². The predicted molar refractivity (Wildman–Crippen MR) is 73.7 cm³/mol. The van der Waals surface area contributed by atoms with Gasteiger partial charge in [-0.3, -0.25) is 4.79 Å². The standard InChI is InChI=1S/C13H18N2O3S/c1-14-13(16)11-4-2-10(3-5-11)8-15-12-6-7-19(17,18)9-12/h2-5,12,15H,6-9H2,1H3,(H,14,16). The Morgan fingerprint density at radius 2 is 2.00 bits per heavy atom. The summed E-state index contributed by atoms with van der Waals surface area (Å²) >= 11 is 0. The molecule has 0 aromatic heterocycles. The van der Waals surface area contributed by atoms with E-state index >= 15 is 0 Å². The largest absolute Gasteiger partial charge is 0.355 e. The summed E-state index contributed by atoms with van der Waals surface area (Å²) in [6.45, 7) is 0.619. The third kappa shape index (κ3) is 3.78. The Bertz CT molecular complexity index is 552. The molecular formula is C13H18N2O3S. The number of hydrogen-bond donors (Lipinski definition) is 2. The van der Waals surface area contributed by atoms with Crippen molar-refractivity contribution in [3.63, 3.8) is 0 Å². The van der Waals surface area contributed by atoms with Crippen LogP contribution in [-0.2, 0) is 16.4 Å². The van der Waals surface area contributed by atoms with Crippen LogP contribution >= 0.6 is 0 Å². The number of carbonyl (C=O) groups is 1. The molecule has 19 heavy (non-hydrogen) atoms. The minimum atomic E-state index is -2.84. The quantitative estimate of drug-likeness (QED) is 0.834. The Balaban J connectivity index is 1.89. The topological polar surface area (TPSA) is 75.3 Å². The van der Waals surface area contributed by atoms with E-state index in [4.69, 9.17) is 0 Å². The van der Waals surface area contributed by atoms with E-state index in [0.29, 0.717) is 18.5 Å². The molecule has 1 atom stereocenters. The van der Waals surface area contributed by atoms with Gasteiger partial charge in [0.05, 0.1) is 11.5 Å². The Kier molecular flexibility index (Phi) is 4.21. The van der Waals surface area contributed by atoms with Crippen LogP contribution in [-0.4, -0.2) is 38.9 Å². The molecule has 6 heteroatoms. The van der Waals surface area contributed by atoms with Gasteiger partial charge in [0, 0.05) is 25.2 Å². The fourth-order valence-corrected chi connectivity index (χ4v) is 3.84. The van der Waals surface area contributed by atoms with Crippen LogP contribution in [0, 0.1) is 0 Å². The van der Waals surface area contributed by atoms with Crippen LogP contribution < -0.4 is 10.6 Å². The molecule has 0 radical (unpaired) electrons. The molecule has 1 aromatic rings. The van der Waals surface area contributed by atoms with E-state index < -0.39 is 9.84 Å². The lowest BCUT2D eigenvalue weighted by molar-refractivity contribution is 0.0963. The van der Waals surface area contributed by atoms with Gasteiger partial charge in [-0.05, 0) is 24.1 Å². The van der Waals surface area contributed by atoms with E-state index in [9.17, 15) is 13.2 Å². The summed E-state index contributed by atoms with van der Waals surface area (Å²) in [5.41, 5.74) is 1.66. The van der Waals surface area contributed by atoms with Crippen molar-refractivity contribution < 1.29 is 13.2 Å². The molecule has 1 fully saturated rings. The Labute approximate surface area is 113 Å². The number of rotatable bonds is 4. The highest BCUT2D eigenvalue weighted by Crippen LogP contribution is 2.12.